The van der Waals surface area contributed by atoms with Crippen LogP contribution >= 0.6 is 35.3 Å². The molecule has 1 aromatic rings. The first-order valence-corrected chi connectivity index (χ1v) is 9.40. The second-order valence-corrected chi connectivity index (χ2v) is 7.48. The second kappa shape index (κ2) is 10.2. The Morgan fingerprint density at radius 2 is 2.00 bits per heavy atom. The van der Waals surface area contributed by atoms with Gasteiger partial charge in [-0.25, -0.2) is 0 Å². The van der Waals surface area contributed by atoms with E-state index in [1.54, 1.807) is 18.4 Å². The van der Waals surface area contributed by atoms with Crippen LogP contribution in [0.25, 0.3) is 0 Å². The van der Waals surface area contributed by atoms with Gasteiger partial charge < -0.3 is 20.4 Å². The lowest BCUT2D eigenvalue weighted by molar-refractivity contribution is -0.128. The second-order valence-electron chi connectivity index (χ2n) is 6.56. The number of rotatable bonds is 5. The number of thiophene rings is 1. The Labute approximate surface area is 172 Å². The Morgan fingerprint density at radius 1 is 1.32 bits per heavy atom. The van der Waals surface area contributed by atoms with E-state index in [9.17, 15) is 4.79 Å². The molecule has 1 fully saturated rings. The van der Waals surface area contributed by atoms with Crippen LogP contribution in [-0.4, -0.2) is 63.1 Å². The number of piperazine rings is 1. The van der Waals surface area contributed by atoms with Crippen molar-refractivity contribution < 1.29 is 4.79 Å². The minimum Gasteiger partial charge on any atom is -0.360 e. The molecule has 0 atom stereocenters. The van der Waals surface area contributed by atoms with Gasteiger partial charge in [0.1, 0.15) is 0 Å². The summed E-state index contributed by atoms with van der Waals surface area (Å²) >= 11 is 1.79. The maximum absolute atomic E-state index is 11.9. The summed E-state index contributed by atoms with van der Waals surface area (Å²) < 4.78 is 0. The fourth-order valence-electron chi connectivity index (χ4n) is 2.70. The van der Waals surface area contributed by atoms with Crippen molar-refractivity contribution in [1.82, 2.24) is 15.5 Å². The van der Waals surface area contributed by atoms with Crippen LogP contribution < -0.4 is 15.5 Å². The van der Waals surface area contributed by atoms with Gasteiger partial charge in [0.15, 0.2) is 5.96 Å². The van der Waals surface area contributed by atoms with E-state index in [0.717, 1.165) is 38.7 Å². The number of aliphatic imine (C=N–C) groups is 1. The van der Waals surface area contributed by atoms with Crippen LogP contribution in [0.15, 0.2) is 22.5 Å². The van der Waals surface area contributed by atoms with Crippen LogP contribution in [0.4, 0.5) is 5.00 Å². The van der Waals surface area contributed by atoms with Crippen molar-refractivity contribution in [3.8, 4) is 0 Å². The monoisotopic (exact) mass is 479 g/mol. The highest BCUT2D eigenvalue weighted by atomic mass is 127. The van der Waals surface area contributed by atoms with E-state index in [0.29, 0.717) is 6.54 Å². The van der Waals surface area contributed by atoms with Crippen molar-refractivity contribution in [2.24, 2.45) is 10.4 Å². The minimum atomic E-state index is -0.506. The van der Waals surface area contributed by atoms with Gasteiger partial charge in [-0.2, -0.15) is 0 Å². The summed E-state index contributed by atoms with van der Waals surface area (Å²) in [6, 6.07) is 4.27. The average Bonchev–Trinajstić information content (AvgIpc) is 3.12. The molecule has 2 rings (SSSR count). The average molecular weight is 479 g/mol. The number of nitrogens with zero attached hydrogens (tertiary/aromatic N) is 3. The predicted molar refractivity (Wildman–Crippen MR) is 117 cm³/mol. The Bertz CT molecular complexity index is 553. The molecule has 1 amide bonds. The highest BCUT2D eigenvalue weighted by Crippen LogP contribution is 2.22. The molecule has 8 heteroatoms. The number of nitrogens with one attached hydrogen (secondary N) is 2. The zero-order valence-electron chi connectivity index (χ0n) is 15.5. The number of guanidine groups is 1. The minimum absolute atomic E-state index is 0. The summed E-state index contributed by atoms with van der Waals surface area (Å²) in [7, 11) is 1.67. The molecular weight excluding hydrogens is 449 g/mol. The molecular formula is C17H30IN5OS. The van der Waals surface area contributed by atoms with E-state index in [1.807, 2.05) is 13.8 Å². The van der Waals surface area contributed by atoms with E-state index >= 15 is 0 Å². The van der Waals surface area contributed by atoms with Crippen molar-refractivity contribution in [3.05, 3.63) is 17.5 Å². The first kappa shape index (κ1) is 22.0. The summed E-state index contributed by atoms with van der Waals surface area (Å²) in [5.74, 6) is 0.921. The Hall–Kier alpha value is -1.03. The van der Waals surface area contributed by atoms with Gasteiger partial charge in [0.2, 0.25) is 5.91 Å². The first-order chi connectivity index (χ1) is 11.5. The van der Waals surface area contributed by atoms with E-state index < -0.39 is 5.41 Å². The molecule has 1 saturated heterocycles. The van der Waals surface area contributed by atoms with Crippen LogP contribution in [0.5, 0.6) is 0 Å². The molecule has 1 aliphatic rings. The SMILES string of the molecule is CCNC(=NCC(C)(C)C(=O)NC)N1CCN(c2cccs2)CC1.I. The van der Waals surface area contributed by atoms with Gasteiger partial charge in [0.25, 0.3) is 0 Å². The van der Waals surface area contributed by atoms with Gasteiger partial charge in [0.05, 0.1) is 17.0 Å². The zero-order chi connectivity index (χ0) is 17.6. The summed E-state index contributed by atoms with van der Waals surface area (Å²) in [6.45, 7) is 11.1. The van der Waals surface area contributed by atoms with Gasteiger partial charge in [-0.15, -0.1) is 35.3 Å². The third kappa shape index (κ3) is 6.02. The Morgan fingerprint density at radius 3 is 2.52 bits per heavy atom. The lowest BCUT2D eigenvalue weighted by Crippen LogP contribution is -2.52. The van der Waals surface area contributed by atoms with Crippen LogP contribution in [0.1, 0.15) is 20.8 Å². The molecule has 1 aliphatic heterocycles. The van der Waals surface area contributed by atoms with Crippen LogP contribution in [-0.2, 0) is 4.79 Å². The lowest BCUT2D eigenvalue weighted by Gasteiger charge is -2.37. The Kier molecular flexibility index (Phi) is 8.98. The first-order valence-electron chi connectivity index (χ1n) is 8.52. The third-order valence-corrected chi connectivity index (χ3v) is 5.13. The van der Waals surface area contributed by atoms with Crippen molar-refractivity contribution >= 4 is 52.2 Å². The third-order valence-electron chi connectivity index (χ3n) is 4.20. The van der Waals surface area contributed by atoms with Crippen LogP contribution in [0, 0.1) is 5.41 Å². The van der Waals surface area contributed by atoms with Crippen molar-refractivity contribution in [2.75, 3.05) is 51.2 Å². The summed E-state index contributed by atoms with van der Waals surface area (Å²) in [6.07, 6.45) is 0. The van der Waals surface area contributed by atoms with Gasteiger partial charge in [-0.1, -0.05) is 0 Å². The standard InChI is InChI=1S/C17H29N5OS.HI/c1-5-19-16(20-13-17(2,3)15(23)18-4)22-10-8-21(9-11-22)14-7-6-12-24-14;/h6-7,12H,5,8-11,13H2,1-4H3,(H,18,23)(H,19,20);1H. The number of amides is 1. The molecule has 6 nitrogen and oxygen atoms in total. The molecule has 2 heterocycles. The van der Waals surface area contributed by atoms with Gasteiger partial charge in [0, 0.05) is 39.8 Å². The normalized spacial score (nSPS) is 15.6. The fraction of sp³-hybridized carbons (Fsp3) is 0.647. The smallest absolute Gasteiger partial charge is 0.227 e. The molecule has 0 aliphatic carbocycles. The van der Waals surface area contributed by atoms with E-state index in [2.05, 4.69) is 44.9 Å². The van der Waals surface area contributed by atoms with E-state index in [1.165, 1.54) is 5.00 Å². The molecule has 142 valence electrons. The van der Waals surface area contributed by atoms with Crippen LogP contribution in [0.2, 0.25) is 0 Å². The van der Waals surface area contributed by atoms with Crippen molar-refractivity contribution in [2.45, 2.75) is 20.8 Å². The largest absolute Gasteiger partial charge is 0.360 e. The molecule has 0 unspecified atom stereocenters. The number of halogens is 1. The highest BCUT2D eigenvalue weighted by molar-refractivity contribution is 14.0. The molecule has 0 spiro atoms. The molecule has 0 aromatic carbocycles. The number of hydrogen-bond acceptors (Lipinski definition) is 4. The van der Waals surface area contributed by atoms with E-state index in [4.69, 9.17) is 4.99 Å². The quantitative estimate of drug-likeness (QED) is 0.387. The molecule has 0 bridgehead atoms. The number of carbonyl (C=O) groups excluding carboxylic acids is 1. The number of carbonyl (C=O) groups is 1. The molecule has 2 N–H and O–H groups in total. The maximum Gasteiger partial charge on any atom is 0.227 e. The van der Waals surface area contributed by atoms with Gasteiger partial charge in [-0.3, -0.25) is 9.79 Å². The Balaban J connectivity index is 0.00000312. The van der Waals surface area contributed by atoms with E-state index in [-0.39, 0.29) is 29.9 Å². The van der Waals surface area contributed by atoms with Crippen molar-refractivity contribution in [3.63, 3.8) is 0 Å². The molecule has 0 saturated carbocycles. The number of anilines is 1. The molecule has 25 heavy (non-hydrogen) atoms. The summed E-state index contributed by atoms with van der Waals surface area (Å²) in [5.41, 5.74) is -0.506. The van der Waals surface area contributed by atoms with Crippen molar-refractivity contribution in [1.29, 1.82) is 0 Å². The molecule has 1 aromatic heterocycles. The lowest BCUT2D eigenvalue weighted by atomic mass is 9.93. The highest BCUT2D eigenvalue weighted by Gasteiger charge is 2.27. The maximum atomic E-state index is 11.9. The fourth-order valence-corrected chi connectivity index (χ4v) is 3.48. The molecule has 0 radical (unpaired) electrons. The summed E-state index contributed by atoms with van der Waals surface area (Å²) in [5, 5.41) is 9.52. The predicted octanol–water partition coefficient (Wildman–Crippen LogP) is 2.23. The van der Waals surface area contributed by atoms with Gasteiger partial charge >= 0.3 is 0 Å². The topological polar surface area (TPSA) is 60.0 Å². The zero-order valence-corrected chi connectivity index (χ0v) is 18.7. The summed E-state index contributed by atoms with van der Waals surface area (Å²) in [4.78, 5) is 21.4. The van der Waals surface area contributed by atoms with Crippen LogP contribution in [0.3, 0.4) is 0 Å². The number of hydrogen-bond donors (Lipinski definition) is 2. The van der Waals surface area contributed by atoms with Gasteiger partial charge in [-0.05, 0) is 38.3 Å².